The molecule has 2 atom stereocenters. The summed E-state index contributed by atoms with van der Waals surface area (Å²) in [5, 5.41) is 2.88. The molecule has 23 heavy (non-hydrogen) atoms. The van der Waals surface area contributed by atoms with Gasteiger partial charge in [0.05, 0.1) is 0 Å². The van der Waals surface area contributed by atoms with Crippen molar-refractivity contribution in [2.24, 2.45) is 5.92 Å². The summed E-state index contributed by atoms with van der Waals surface area (Å²) in [7, 11) is 0. The molecule has 0 saturated carbocycles. The second-order valence-electron chi connectivity index (χ2n) is 6.22. The Morgan fingerprint density at radius 3 is 2.30 bits per heavy atom. The number of carbonyl (C=O) groups excluding carboxylic acids is 2. The maximum Gasteiger partial charge on any atom is 0.246 e. The van der Waals surface area contributed by atoms with Crippen molar-refractivity contribution in [3.63, 3.8) is 0 Å². The van der Waals surface area contributed by atoms with Gasteiger partial charge in [-0.15, -0.1) is 0 Å². The lowest BCUT2D eigenvalue weighted by molar-refractivity contribution is -0.138. The molecule has 0 fully saturated rings. The van der Waals surface area contributed by atoms with E-state index in [9.17, 15) is 9.59 Å². The van der Waals surface area contributed by atoms with Crippen molar-refractivity contribution < 1.29 is 9.59 Å². The zero-order valence-corrected chi connectivity index (χ0v) is 14.8. The van der Waals surface area contributed by atoms with Crippen LogP contribution < -0.4 is 5.32 Å². The minimum absolute atomic E-state index is 0.0727. The Morgan fingerprint density at radius 2 is 1.74 bits per heavy atom. The van der Waals surface area contributed by atoms with Gasteiger partial charge in [-0.3, -0.25) is 9.59 Å². The summed E-state index contributed by atoms with van der Waals surface area (Å²) in [6.45, 7) is 8.66. The van der Waals surface area contributed by atoms with Crippen molar-refractivity contribution in [3.8, 4) is 0 Å². The van der Waals surface area contributed by atoms with Crippen molar-refractivity contribution in [1.29, 1.82) is 0 Å². The van der Waals surface area contributed by atoms with Crippen LogP contribution in [-0.4, -0.2) is 29.3 Å². The summed E-state index contributed by atoms with van der Waals surface area (Å²) >= 11 is 0. The minimum atomic E-state index is -0.462. The normalized spacial score (nSPS) is 13.2. The molecule has 1 rings (SSSR count). The van der Waals surface area contributed by atoms with Crippen LogP contribution in [0.4, 0.5) is 5.69 Å². The number of hydrogen-bond donors (Lipinski definition) is 1. The maximum absolute atomic E-state index is 12.6. The summed E-state index contributed by atoms with van der Waals surface area (Å²) in [6.07, 6.45) is 3.47. The van der Waals surface area contributed by atoms with E-state index in [-0.39, 0.29) is 11.8 Å². The Bertz CT molecular complexity index is 487. The van der Waals surface area contributed by atoms with Gasteiger partial charge in [0.1, 0.15) is 6.04 Å². The van der Waals surface area contributed by atoms with Gasteiger partial charge in [-0.05, 0) is 31.4 Å². The smallest absolute Gasteiger partial charge is 0.246 e. The van der Waals surface area contributed by atoms with Gasteiger partial charge in [0, 0.05) is 18.7 Å². The van der Waals surface area contributed by atoms with Crippen LogP contribution in [0.2, 0.25) is 0 Å². The Kier molecular flexibility index (Phi) is 8.38. The second-order valence-corrected chi connectivity index (χ2v) is 6.22. The van der Waals surface area contributed by atoms with Gasteiger partial charge in [0.2, 0.25) is 11.8 Å². The first-order valence-electron chi connectivity index (χ1n) is 8.64. The molecule has 128 valence electrons. The highest BCUT2D eigenvalue weighted by Crippen LogP contribution is 2.15. The largest absolute Gasteiger partial charge is 0.331 e. The van der Waals surface area contributed by atoms with E-state index in [2.05, 4.69) is 19.2 Å². The number of amides is 2. The van der Waals surface area contributed by atoms with Gasteiger partial charge in [-0.25, -0.2) is 0 Å². The number of hydrogen-bond acceptors (Lipinski definition) is 2. The van der Waals surface area contributed by atoms with Crippen LogP contribution in [0.3, 0.4) is 0 Å². The van der Waals surface area contributed by atoms with Crippen molar-refractivity contribution in [2.75, 3.05) is 11.9 Å². The van der Waals surface area contributed by atoms with Crippen molar-refractivity contribution in [1.82, 2.24) is 4.90 Å². The number of nitrogens with zero attached hydrogens (tertiary/aromatic N) is 1. The Hall–Kier alpha value is -1.84. The SMILES string of the molecule is CCCC(C)CC(=O)N(CCC)C(C)C(=O)Nc1ccccc1. The molecule has 1 N–H and O–H groups in total. The number of para-hydroxylation sites is 1. The molecular formula is C19H30N2O2. The molecule has 0 heterocycles. The molecule has 0 bridgehead atoms. The van der Waals surface area contributed by atoms with Gasteiger partial charge in [0.15, 0.2) is 0 Å². The average Bonchev–Trinajstić information content (AvgIpc) is 2.53. The third kappa shape index (κ3) is 6.43. The van der Waals surface area contributed by atoms with Crippen LogP contribution >= 0.6 is 0 Å². The van der Waals surface area contributed by atoms with E-state index in [0.29, 0.717) is 18.9 Å². The molecule has 2 unspecified atom stereocenters. The lowest BCUT2D eigenvalue weighted by Crippen LogP contribution is -2.46. The molecule has 0 radical (unpaired) electrons. The Morgan fingerprint density at radius 1 is 1.09 bits per heavy atom. The lowest BCUT2D eigenvalue weighted by Gasteiger charge is -2.29. The van der Waals surface area contributed by atoms with E-state index < -0.39 is 6.04 Å². The molecule has 0 aromatic heterocycles. The monoisotopic (exact) mass is 318 g/mol. The first kappa shape index (κ1) is 19.2. The number of benzene rings is 1. The van der Waals surface area contributed by atoms with E-state index in [1.54, 1.807) is 11.8 Å². The summed E-state index contributed by atoms with van der Waals surface area (Å²) < 4.78 is 0. The highest BCUT2D eigenvalue weighted by molar-refractivity contribution is 5.96. The number of carbonyl (C=O) groups is 2. The van der Waals surface area contributed by atoms with Gasteiger partial charge in [0.25, 0.3) is 0 Å². The number of nitrogens with one attached hydrogen (secondary N) is 1. The molecule has 0 spiro atoms. The van der Waals surface area contributed by atoms with Crippen LogP contribution in [0.1, 0.15) is 53.4 Å². The van der Waals surface area contributed by atoms with E-state index >= 15 is 0 Å². The van der Waals surface area contributed by atoms with E-state index in [0.717, 1.165) is 24.9 Å². The quantitative estimate of drug-likeness (QED) is 0.746. The highest BCUT2D eigenvalue weighted by Gasteiger charge is 2.26. The summed E-state index contributed by atoms with van der Waals surface area (Å²) in [4.78, 5) is 26.7. The first-order valence-corrected chi connectivity index (χ1v) is 8.64. The maximum atomic E-state index is 12.6. The van der Waals surface area contributed by atoms with Crippen LogP contribution in [0.5, 0.6) is 0 Å². The van der Waals surface area contributed by atoms with Crippen LogP contribution in [-0.2, 0) is 9.59 Å². The zero-order chi connectivity index (χ0) is 17.2. The fourth-order valence-electron chi connectivity index (χ4n) is 2.70. The molecule has 0 aliphatic rings. The molecule has 0 aliphatic carbocycles. The third-order valence-corrected chi connectivity index (χ3v) is 3.98. The van der Waals surface area contributed by atoms with E-state index in [4.69, 9.17) is 0 Å². The van der Waals surface area contributed by atoms with Crippen molar-refractivity contribution >= 4 is 17.5 Å². The van der Waals surface area contributed by atoms with E-state index in [1.807, 2.05) is 37.3 Å². The fraction of sp³-hybridized carbons (Fsp3) is 0.579. The topological polar surface area (TPSA) is 49.4 Å². The van der Waals surface area contributed by atoms with Crippen LogP contribution in [0, 0.1) is 5.92 Å². The minimum Gasteiger partial charge on any atom is -0.331 e. The first-order chi connectivity index (χ1) is 11.0. The average molecular weight is 318 g/mol. The van der Waals surface area contributed by atoms with Crippen LogP contribution in [0.25, 0.3) is 0 Å². The molecule has 4 nitrogen and oxygen atoms in total. The predicted octanol–water partition coefficient (Wildman–Crippen LogP) is 4.08. The highest BCUT2D eigenvalue weighted by atomic mass is 16.2. The molecule has 1 aromatic rings. The van der Waals surface area contributed by atoms with Gasteiger partial charge >= 0.3 is 0 Å². The molecule has 0 aliphatic heterocycles. The Balaban J connectivity index is 2.70. The summed E-state index contributed by atoms with van der Waals surface area (Å²) in [6, 6.07) is 8.89. The van der Waals surface area contributed by atoms with Crippen LogP contribution in [0.15, 0.2) is 30.3 Å². The van der Waals surface area contributed by atoms with Crippen molar-refractivity contribution in [2.45, 2.75) is 59.4 Å². The van der Waals surface area contributed by atoms with Gasteiger partial charge in [-0.2, -0.15) is 0 Å². The Labute approximate surface area is 140 Å². The second kappa shape index (κ2) is 10.0. The summed E-state index contributed by atoms with van der Waals surface area (Å²) in [5.74, 6) is 0.292. The molecular weight excluding hydrogens is 288 g/mol. The molecule has 2 amide bonds. The predicted molar refractivity (Wildman–Crippen MR) is 95.2 cm³/mol. The standard InChI is InChI=1S/C19H30N2O2/c1-5-10-15(3)14-18(22)21(13-6-2)16(4)19(23)20-17-11-8-7-9-12-17/h7-9,11-12,15-16H,5-6,10,13-14H2,1-4H3,(H,20,23). The molecule has 1 aromatic carbocycles. The van der Waals surface area contributed by atoms with Gasteiger partial charge in [-0.1, -0.05) is 51.8 Å². The van der Waals surface area contributed by atoms with Gasteiger partial charge < -0.3 is 10.2 Å². The fourth-order valence-corrected chi connectivity index (χ4v) is 2.70. The molecule has 0 saturated heterocycles. The third-order valence-electron chi connectivity index (χ3n) is 3.98. The summed E-state index contributed by atoms with van der Waals surface area (Å²) in [5.41, 5.74) is 0.757. The number of anilines is 1. The van der Waals surface area contributed by atoms with Crippen molar-refractivity contribution in [3.05, 3.63) is 30.3 Å². The molecule has 4 heteroatoms. The lowest BCUT2D eigenvalue weighted by atomic mass is 10.0. The van der Waals surface area contributed by atoms with E-state index in [1.165, 1.54) is 0 Å². The zero-order valence-electron chi connectivity index (χ0n) is 14.8. The number of rotatable bonds is 9.